The van der Waals surface area contributed by atoms with E-state index in [4.69, 9.17) is 9.63 Å². The number of carboxylic acids is 1. The zero-order valence-corrected chi connectivity index (χ0v) is 15.1. The minimum Gasteiger partial charge on any atom is -0.481 e. The average Bonchev–Trinajstić information content (AvgIpc) is 2.92. The highest BCUT2D eigenvalue weighted by atomic mass is 16.5. The number of nitrogens with zero attached hydrogens (tertiary/aromatic N) is 1. The smallest absolute Gasteiger partial charge is 0.315 e. The van der Waals surface area contributed by atoms with Crippen LogP contribution in [0.5, 0.6) is 0 Å². The van der Waals surface area contributed by atoms with Crippen molar-refractivity contribution in [3.63, 3.8) is 0 Å². The van der Waals surface area contributed by atoms with E-state index in [9.17, 15) is 9.59 Å². The van der Waals surface area contributed by atoms with Crippen LogP contribution in [0.15, 0.2) is 34.9 Å². The maximum atomic E-state index is 12.2. The number of aryl methyl sites for hydroxylation is 2. The molecule has 0 aliphatic rings. The van der Waals surface area contributed by atoms with Crippen molar-refractivity contribution in [2.75, 3.05) is 6.54 Å². The van der Waals surface area contributed by atoms with Gasteiger partial charge < -0.3 is 20.3 Å². The van der Waals surface area contributed by atoms with Crippen LogP contribution in [0.4, 0.5) is 4.79 Å². The first-order chi connectivity index (χ1) is 12.5. The van der Waals surface area contributed by atoms with Crippen LogP contribution in [0.25, 0.3) is 0 Å². The van der Waals surface area contributed by atoms with E-state index in [0.29, 0.717) is 25.8 Å². The monoisotopic (exact) mass is 359 g/mol. The third-order valence-corrected chi connectivity index (χ3v) is 4.21. The maximum Gasteiger partial charge on any atom is 0.315 e. The summed E-state index contributed by atoms with van der Waals surface area (Å²) in [4.78, 5) is 23.0. The molecule has 0 bridgehead atoms. The predicted octanol–water partition coefficient (Wildman–Crippen LogP) is 2.61. The van der Waals surface area contributed by atoms with Gasteiger partial charge in [-0.1, -0.05) is 35.5 Å². The SMILES string of the molecule is Cc1noc(C)c1CCNC(=O)NC(CCC(=O)O)Cc1ccccc1. The Hall–Kier alpha value is -2.83. The summed E-state index contributed by atoms with van der Waals surface area (Å²) in [6, 6.07) is 9.15. The number of carbonyl (C=O) groups is 2. The van der Waals surface area contributed by atoms with Crippen molar-refractivity contribution in [3.8, 4) is 0 Å². The molecule has 140 valence electrons. The average molecular weight is 359 g/mol. The number of amides is 2. The summed E-state index contributed by atoms with van der Waals surface area (Å²) < 4.78 is 5.10. The molecule has 2 aromatic rings. The van der Waals surface area contributed by atoms with E-state index in [-0.39, 0.29) is 18.5 Å². The number of carboxylic acid groups (broad SMARTS) is 1. The highest BCUT2D eigenvalue weighted by Gasteiger charge is 2.15. The lowest BCUT2D eigenvalue weighted by Gasteiger charge is -2.18. The molecule has 0 fully saturated rings. The lowest BCUT2D eigenvalue weighted by molar-refractivity contribution is -0.137. The molecule has 1 aromatic carbocycles. The van der Waals surface area contributed by atoms with Gasteiger partial charge in [0.25, 0.3) is 0 Å². The Kier molecular flexibility index (Phi) is 7.20. The van der Waals surface area contributed by atoms with Gasteiger partial charge in [0.2, 0.25) is 0 Å². The lowest BCUT2D eigenvalue weighted by Crippen LogP contribution is -2.44. The number of aromatic nitrogens is 1. The van der Waals surface area contributed by atoms with Gasteiger partial charge in [-0.25, -0.2) is 4.79 Å². The zero-order chi connectivity index (χ0) is 18.9. The van der Waals surface area contributed by atoms with E-state index in [2.05, 4.69) is 15.8 Å². The molecule has 3 N–H and O–H groups in total. The van der Waals surface area contributed by atoms with Crippen LogP contribution < -0.4 is 10.6 Å². The Morgan fingerprint density at radius 1 is 1.23 bits per heavy atom. The van der Waals surface area contributed by atoms with E-state index < -0.39 is 5.97 Å². The van der Waals surface area contributed by atoms with Crippen molar-refractivity contribution in [2.24, 2.45) is 0 Å². The van der Waals surface area contributed by atoms with Gasteiger partial charge in [-0.05, 0) is 38.7 Å². The van der Waals surface area contributed by atoms with Crippen LogP contribution in [0.1, 0.15) is 35.4 Å². The molecule has 1 atom stereocenters. The van der Waals surface area contributed by atoms with Gasteiger partial charge in [-0.15, -0.1) is 0 Å². The van der Waals surface area contributed by atoms with E-state index in [1.807, 2.05) is 44.2 Å². The van der Waals surface area contributed by atoms with Crippen molar-refractivity contribution in [1.29, 1.82) is 0 Å². The Morgan fingerprint density at radius 2 is 1.96 bits per heavy atom. The second-order valence-corrected chi connectivity index (χ2v) is 6.27. The molecule has 0 saturated carbocycles. The first-order valence-electron chi connectivity index (χ1n) is 8.67. The number of hydrogen-bond donors (Lipinski definition) is 3. The number of hydrogen-bond acceptors (Lipinski definition) is 4. The number of carbonyl (C=O) groups excluding carboxylic acids is 1. The topological polar surface area (TPSA) is 104 Å². The van der Waals surface area contributed by atoms with Crippen LogP contribution in [0, 0.1) is 13.8 Å². The Bertz CT molecular complexity index is 708. The van der Waals surface area contributed by atoms with Gasteiger partial charge >= 0.3 is 12.0 Å². The van der Waals surface area contributed by atoms with Gasteiger partial charge in [-0.3, -0.25) is 4.79 Å². The summed E-state index contributed by atoms with van der Waals surface area (Å²) in [6.07, 6.45) is 1.61. The van der Waals surface area contributed by atoms with Crippen molar-refractivity contribution in [2.45, 2.75) is 45.6 Å². The van der Waals surface area contributed by atoms with Gasteiger partial charge in [0, 0.05) is 24.6 Å². The third-order valence-electron chi connectivity index (χ3n) is 4.21. The molecule has 1 aromatic heterocycles. The Balaban J connectivity index is 1.85. The minimum absolute atomic E-state index is 0.0108. The summed E-state index contributed by atoms with van der Waals surface area (Å²) >= 11 is 0. The summed E-state index contributed by atoms with van der Waals surface area (Å²) in [5, 5.41) is 18.5. The zero-order valence-electron chi connectivity index (χ0n) is 15.1. The first kappa shape index (κ1) is 19.5. The van der Waals surface area contributed by atoms with Crippen molar-refractivity contribution in [1.82, 2.24) is 15.8 Å². The molecule has 26 heavy (non-hydrogen) atoms. The second-order valence-electron chi connectivity index (χ2n) is 6.27. The quantitative estimate of drug-likeness (QED) is 0.638. The molecule has 7 heteroatoms. The van der Waals surface area contributed by atoms with Crippen molar-refractivity contribution in [3.05, 3.63) is 52.9 Å². The number of benzene rings is 1. The fourth-order valence-corrected chi connectivity index (χ4v) is 2.82. The van der Waals surface area contributed by atoms with Crippen LogP contribution in [-0.2, 0) is 17.6 Å². The van der Waals surface area contributed by atoms with Crippen LogP contribution in [0.3, 0.4) is 0 Å². The molecular weight excluding hydrogens is 334 g/mol. The van der Waals surface area contributed by atoms with Gasteiger partial charge in [0.05, 0.1) is 5.69 Å². The highest BCUT2D eigenvalue weighted by Crippen LogP contribution is 2.12. The number of urea groups is 1. The van der Waals surface area contributed by atoms with Crippen LogP contribution >= 0.6 is 0 Å². The first-order valence-corrected chi connectivity index (χ1v) is 8.67. The summed E-state index contributed by atoms with van der Waals surface area (Å²) in [5.74, 6) is -0.114. The molecule has 0 saturated heterocycles. The van der Waals surface area contributed by atoms with Crippen LogP contribution in [-0.4, -0.2) is 34.9 Å². The molecule has 0 aliphatic carbocycles. The Morgan fingerprint density at radius 3 is 2.58 bits per heavy atom. The maximum absolute atomic E-state index is 12.2. The van der Waals surface area contributed by atoms with Gasteiger partial charge in [-0.2, -0.15) is 0 Å². The summed E-state index contributed by atoms with van der Waals surface area (Å²) in [7, 11) is 0. The number of nitrogens with one attached hydrogen (secondary N) is 2. The molecule has 0 aliphatic heterocycles. The second kappa shape index (κ2) is 9.60. The largest absolute Gasteiger partial charge is 0.481 e. The van der Waals surface area contributed by atoms with Crippen LogP contribution in [0.2, 0.25) is 0 Å². The van der Waals surface area contributed by atoms with Crippen molar-refractivity contribution < 1.29 is 19.2 Å². The molecule has 0 radical (unpaired) electrons. The van der Waals surface area contributed by atoms with Gasteiger partial charge in [0.1, 0.15) is 5.76 Å². The van der Waals surface area contributed by atoms with E-state index in [1.165, 1.54) is 0 Å². The van der Waals surface area contributed by atoms with Crippen molar-refractivity contribution >= 4 is 12.0 Å². The van der Waals surface area contributed by atoms with Gasteiger partial charge in [0.15, 0.2) is 0 Å². The number of rotatable bonds is 9. The molecule has 1 heterocycles. The molecule has 2 amide bonds. The minimum atomic E-state index is -0.872. The predicted molar refractivity (Wildman–Crippen MR) is 97.0 cm³/mol. The van der Waals surface area contributed by atoms with E-state index in [1.54, 1.807) is 0 Å². The summed E-state index contributed by atoms with van der Waals surface area (Å²) in [6.45, 7) is 4.16. The molecule has 7 nitrogen and oxygen atoms in total. The normalized spacial score (nSPS) is 11.8. The molecule has 0 spiro atoms. The number of aliphatic carboxylic acids is 1. The fourth-order valence-electron chi connectivity index (χ4n) is 2.82. The summed E-state index contributed by atoms with van der Waals surface area (Å²) in [5.41, 5.74) is 2.88. The molecule has 1 unspecified atom stereocenters. The lowest BCUT2D eigenvalue weighted by atomic mass is 10.0. The van der Waals surface area contributed by atoms with E-state index >= 15 is 0 Å². The van der Waals surface area contributed by atoms with E-state index in [0.717, 1.165) is 22.6 Å². The standard InChI is InChI=1S/C19H25N3O4/c1-13-17(14(2)26-22-13)10-11-20-19(25)21-16(8-9-18(23)24)12-15-6-4-3-5-7-15/h3-7,16H,8-12H2,1-2H3,(H,23,24)(H2,20,21,25). The molecular formula is C19H25N3O4. The highest BCUT2D eigenvalue weighted by molar-refractivity contribution is 5.74. The molecule has 2 rings (SSSR count). The fraction of sp³-hybridized carbons (Fsp3) is 0.421. The third kappa shape index (κ3) is 6.23. The Labute approximate surface area is 152 Å².